The van der Waals surface area contributed by atoms with Gasteiger partial charge in [0, 0.05) is 32.1 Å². The molecule has 2 aromatic heterocycles. The summed E-state index contributed by atoms with van der Waals surface area (Å²) < 4.78 is 1.72. The summed E-state index contributed by atoms with van der Waals surface area (Å²) in [5.74, 6) is -1.03. The number of carboxylic acid groups (broad SMARTS) is 1. The highest BCUT2D eigenvalue weighted by molar-refractivity contribution is 5.96. The van der Waals surface area contributed by atoms with E-state index in [1.807, 2.05) is 13.0 Å². The maximum Gasteiger partial charge on any atom is 0.326 e. The Balaban J connectivity index is 2.15. The number of hydrogen-bond donors (Lipinski definition) is 2. The third-order valence-corrected chi connectivity index (χ3v) is 3.34. The van der Waals surface area contributed by atoms with Crippen LogP contribution in [0.4, 0.5) is 0 Å². The monoisotopic (exact) mass is 302 g/mol. The lowest BCUT2D eigenvalue weighted by molar-refractivity contribution is -0.139. The second-order valence-corrected chi connectivity index (χ2v) is 5.20. The number of aliphatic carboxylic acids is 1. The van der Waals surface area contributed by atoms with E-state index in [2.05, 4.69) is 15.3 Å². The van der Waals surface area contributed by atoms with Gasteiger partial charge in [-0.3, -0.25) is 9.78 Å². The smallest absolute Gasteiger partial charge is 0.326 e. The fourth-order valence-electron chi connectivity index (χ4n) is 2.16. The zero-order valence-electron chi connectivity index (χ0n) is 12.7. The molecule has 0 saturated carbocycles. The van der Waals surface area contributed by atoms with Crippen LogP contribution in [-0.2, 0) is 18.3 Å². The van der Waals surface area contributed by atoms with E-state index in [1.54, 1.807) is 37.1 Å². The Morgan fingerprint density at radius 2 is 2.09 bits per heavy atom. The second-order valence-electron chi connectivity index (χ2n) is 5.20. The molecule has 0 aliphatic heterocycles. The van der Waals surface area contributed by atoms with Crippen molar-refractivity contribution in [1.82, 2.24) is 19.9 Å². The van der Waals surface area contributed by atoms with Crippen LogP contribution in [0.2, 0.25) is 0 Å². The first kappa shape index (κ1) is 15.7. The van der Waals surface area contributed by atoms with Crippen LogP contribution in [0.25, 0.3) is 0 Å². The number of aromatic nitrogens is 3. The molecule has 1 amide bonds. The normalized spacial score (nSPS) is 12.0. The number of rotatable bonds is 5. The fraction of sp³-hybridized carbons (Fsp3) is 0.333. The predicted octanol–water partition coefficient (Wildman–Crippen LogP) is 0.858. The molecule has 2 heterocycles. The third kappa shape index (κ3) is 3.49. The van der Waals surface area contributed by atoms with Gasteiger partial charge in [-0.1, -0.05) is 6.07 Å². The van der Waals surface area contributed by atoms with Crippen LogP contribution in [0.1, 0.15) is 27.4 Å². The zero-order chi connectivity index (χ0) is 16.3. The van der Waals surface area contributed by atoms with Crippen LogP contribution < -0.4 is 5.32 Å². The Morgan fingerprint density at radius 1 is 1.36 bits per heavy atom. The lowest BCUT2D eigenvalue weighted by Crippen LogP contribution is -2.43. The number of carbonyl (C=O) groups excluding carboxylic acids is 1. The zero-order valence-corrected chi connectivity index (χ0v) is 12.7. The highest BCUT2D eigenvalue weighted by Crippen LogP contribution is 2.08. The molecule has 0 aliphatic rings. The van der Waals surface area contributed by atoms with E-state index in [1.165, 1.54) is 0 Å². The van der Waals surface area contributed by atoms with E-state index in [9.17, 15) is 14.7 Å². The first-order valence-corrected chi connectivity index (χ1v) is 6.81. The van der Waals surface area contributed by atoms with Crippen molar-refractivity contribution < 1.29 is 14.7 Å². The van der Waals surface area contributed by atoms with Crippen molar-refractivity contribution in [2.75, 3.05) is 0 Å². The minimum Gasteiger partial charge on any atom is -0.480 e. The predicted molar refractivity (Wildman–Crippen MR) is 79.5 cm³/mol. The van der Waals surface area contributed by atoms with E-state index in [4.69, 9.17) is 0 Å². The summed E-state index contributed by atoms with van der Waals surface area (Å²) in [5, 5.41) is 11.8. The molecule has 2 aromatic rings. The van der Waals surface area contributed by atoms with Crippen LogP contribution in [0.5, 0.6) is 0 Å². The molecule has 1 atom stereocenters. The van der Waals surface area contributed by atoms with Crippen molar-refractivity contribution in [2.24, 2.45) is 7.05 Å². The number of hydrogen-bond acceptors (Lipinski definition) is 4. The molecule has 0 bridgehead atoms. The lowest BCUT2D eigenvalue weighted by Gasteiger charge is -2.15. The van der Waals surface area contributed by atoms with Gasteiger partial charge in [0.15, 0.2) is 0 Å². The minimum absolute atomic E-state index is 0.107. The van der Waals surface area contributed by atoms with Gasteiger partial charge in [0.2, 0.25) is 0 Å². The molecule has 0 aliphatic carbocycles. The van der Waals surface area contributed by atoms with Gasteiger partial charge >= 0.3 is 5.97 Å². The van der Waals surface area contributed by atoms with E-state index < -0.39 is 17.9 Å². The first-order chi connectivity index (χ1) is 10.4. The average molecular weight is 302 g/mol. The summed E-state index contributed by atoms with van der Waals surface area (Å²) in [6.45, 7) is 3.65. The average Bonchev–Trinajstić information content (AvgIpc) is 2.83. The van der Waals surface area contributed by atoms with E-state index >= 15 is 0 Å². The van der Waals surface area contributed by atoms with Gasteiger partial charge < -0.3 is 15.0 Å². The summed E-state index contributed by atoms with van der Waals surface area (Å²) in [4.78, 5) is 31.8. The highest BCUT2D eigenvalue weighted by Gasteiger charge is 2.24. The van der Waals surface area contributed by atoms with Crippen LogP contribution in [0.3, 0.4) is 0 Å². The van der Waals surface area contributed by atoms with Crippen molar-refractivity contribution in [3.8, 4) is 0 Å². The van der Waals surface area contributed by atoms with Gasteiger partial charge in [-0.2, -0.15) is 0 Å². The topological polar surface area (TPSA) is 97.1 Å². The van der Waals surface area contributed by atoms with Crippen LogP contribution in [0.15, 0.2) is 24.7 Å². The molecule has 0 aromatic carbocycles. The maximum absolute atomic E-state index is 12.2. The van der Waals surface area contributed by atoms with Gasteiger partial charge in [-0.25, -0.2) is 9.78 Å². The molecule has 22 heavy (non-hydrogen) atoms. The third-order valence-electron chi connectivity index (χ3n) is 3.34. The SMILES string of the molecule is Cc1cnc(C(=O)NC(Cc2nccn2C)C(=O)O)c(C)c1. The quantitative estimate of drug-likeness (QED) is 0.853. The summed E-state index contributed by atoms with van der Waals surface area (Å²) >= 11 is 0. The van der Waals surface area contributed by atoms with Gasteiger partial charge in [0.05, 0.1) is 0 Å². The maximum atomic E-state index is 12.2. The molecule has 2 N–H and O–H groups in total. The molecule has 0 radical (unpaired) electrons. The molecular formula is C15H18N4O3. The summed E-state index contributed by atoms with van der Waals surface area (Å²) in [5.41, 5.74) is 1.88. The molecule has 0 saturated heterocycles. The minimum atomic E-state index is -1.11. The largest absolute Gasteiger partial charge is 0.480 e. The first-order valence-electron chi connectivity index (χ1n) is 6.81. The standard InChI is InChI=1S/C15H18N4O3/c1-9-6-10(2)13(17-8-9)14(20)18-11(15(21)22)7-12-16-4-5-19(12)3/h4-6,8,11H,7H2,1-3H3,(H,18,20)(H,21,22). The second kappa shape index (κ2) is 6.38. The number of aryl methyl sites for hydroxylation is 3. The van der Waals surface area contributed by atoms with Crippen molar-refractivity contribution in [1.29, 1.82) is 0 Å². The van der Waals surface area contributed by atoms with Crippen LogP contribution in [-0.4, -0.2) is 37.6 Å². The van der Waals surface area contributed by atoms with Crippen molar-refractivity contribution in [3.05, 3.63) is 47.3 Å². The number of nitrogens with one attached hydrogen (secondary N) is 1. The Kier molecular flexibility index (Phi) is 4.55. The number of carboxylic acids is 1. The number of carbonyl (C=O) groups is 2. The summed E-state index contributed by atoms with van der Waals surface area (Å²) in [7, 11) is 1.77. The molecule has 0 fully saturated rings. The molecule has 2 rings (SSSR count). The Morgan fingerprint density at radius 3 is 2.64 bits per heavy atom. The van der Waals surface area contributed by atoms with E-state index in [0.29, 0.717) is 11.4 Å². The molecule has 7 nitrogen and oxygen atoms in total. The molecule has 116 valence electrons. The Labute approximate surface area is 128 Å². The highest BCUT2D eigenvalue weighted by atomic mass is 16.4. The number of nitrogens with zero attached hydrogens (tertiary/aromatic N) is 3. The summed E-state index contributed by atoms with van der Waals surface area (Å²) in [6, 6.07) is 0.771. The van der Waals surface area contributed by atoms with Crippen LogP contribution >= 0.6 is 0 Å². The Hall–Kier alpha value is -2.70. The van der Waals surface area contributed by atoms with Gasteiger partial charge in [-0.15, -0.1) is 0 Å². The molecule has 7 heteroatoms. The number of pyridine rings is 1. The van der Waals surface area contributed by atoms with Crippen molar-refractivity contribution in [3.63, 3.8) is 0 Å². The van der Waals surface area contributed by atoms with E-state index in [-0.39, 0.29) is 12.1 Å². The lowest BCUT2D eigenvalue weighted by atomic mass is 10.1. The van der Waals surface area contributed by atoms with E-state index in [0.717, 1.165) is 5.56 Å². The van der Waals surface area contributed by atoms with Crippen molar-refractivity contribution >= 4 is 11.9 Å². The fourth-order valence-corrected chi connectivity index (χ4v) is 2.16. The number of imidazole rings is 1. The molecule has 1 unspecified atom stereocenters. The van der Waals surface area contributed by atoms with Crippen LogP contribution in [0, 0.1) is 13.8 Å². The van der Waals surface area contributed by atoms with Gasteiger partial charge in [-0.05, 0) is 25.0 Å². The Bertz CT molecular complexity index is 709. The molecular weight excluding hydrogens is 284 g/mol. The summed E-state index contributed by atoms with van der Waals surface area (Å²) in [6.07, 6.45) is 5.00. The molecule has 0 spiro atoms. The van der Waals surface area contributed by atoms with Gasteiger partial charge in [0.1, 0.15) is 17.6 Å². The van der Waals surface area contributed by atoms with Gasteiger partial charge in [0.25, 0.3) is 5.91 Å². The van der Waals surface area contributed by atoms with Crippen molar-refractivity contribution in [2.45, 2.75) is 26.3 Å². The number of amides is 1.